The average molecular weight is 361 g/mol. The maximum absolute atomic E-state index is 12.5. The van der Waals surface area contributed by atoms with Crippen molar-refractivity contribution < 1.29 is 21.6 Å². The van der Waals surface area contributed by atoms with Gasteiger partial charge in [-0.25, -0.2) is 8.42 Å². The summed E-state index contributed by atoms with van der Waals surface area (Å²) in [6, 6.07) is 3.21. The molecule has 24 heavy (non-hydrogen) atoms. The van der Waals surface area contributed by atoms with Crippen molar-refractivity contribution in [2.75, 3.05) is 24.7 Å². The van der Waals surface area contributed by atoms with Crippen LogP contribution in [0.15, 0.2) is 29.2 Å². The van der Waals surface area contributed by atoms with Gasteiger partial charge in [0.25, 0.3) is 0 Å². The Balaban J connectivity index is 2.32. The van der Waals surface area contributed by atoms with Gasteiger partial charge < -0.3 is 10.6 Å². The van der Waals surface area contributed by atoms with E-state index in [9.17, 15) is 21.6 Å². The molecule has 0 radical (unpaired) electrons. The van der Waals surface area contributed by atoms with E-state index in [1.165, 1.54) is 4.90 Å². The number of sulfone groups is 1. The molecule has 2 aromatic rings. The Morgan fingerprint density at radius 1 is 1.08 bits per heavy atom. The molecule has 1 aromatic carbocycles. The predicted molar refractivity (Wildman–Crippen MR) is 80.9 cm³/mol. The molecule has 0 amide bonds. The molecular formula is C13H14F3N5O2S. The van der Waals surface area contributed by atoms with Crippen molar-refractivity contribution in [1.29, 1.82) is 0 Å². The van der Waals surface area contributed by atoms with Gasteiger partial charge in [0.05, 0.1) is 10.5 Å². The summed E-state index contributed by atoms with van der Waals surface area (Å²) in [6.45, 7) is 0. The normalized spacial score (nSPS) is 12.2. The van der Waals surface area contributed by atoms with E-state index in [1.807, 2.05) is 0 Å². The van der Waals surface area contributed by atoms with E-state index in [4.69, 9.17) is 5.73 Å². The molecule has 2 rings (SSSR count). The third-order valence-corrected chi connectivity index (χ3v) is 4.58. The number of nitrogen functional groups attached to an aromatic ring is 1. The van der Waals surface area contributed by atoms with Crippen LogP contribution in [0.2, 0.25) is 0 Å². The van der Waals surface area contributed by atoms with Crippen molar-refractivity contribution in [3.63, 3.8) is 0 Å². The number of rotatable bonds is 4. The van der Waals surface area contributed by atoms with Crippen LogP contribution in [0.4, 0.5) is 25.1 Å². The maximum atomic E-state index is 12.5. The van der Waals surface area contributed by atoms with Crippen molar-refractivity contribution in [2.45, 2.75) is 16.8 Å². The van der Waals surface area contributed by atoms with Crippen LogP contribution in [0, 0.1) is 0 Å². The minimum absolute atomic E-state index is 0.0916. The molecular weight excluding hydrogens is 347 g/mol. The highest BCUT2D eigenvalue weighted by atomic mass is 32.2. The highest BCUT2D eigenvalue weighted by Gasteiger charge is 2.30. The van der Waals surface area contributed by atoms with E-state index >= 15 is 0 Å². The summed E-state index contributed by atoms with van der Waals surface area (Å²) in [7, 11) is -0.645. The van der Waals surface area contributed by atoms with Crippen molar-refractivity contribution in [3.05, 3.63) is 35.7 Å². The highest BCUT2D eigenvalue weighted by Crippen LogP contribution is 2.30. The van der Waals surface area contributed by atoms with Gasteiger partial charge >= 0.3 is 6.18 Å². The lowest BCUT2D eigenvalue weighted by atomic mass is 10.2. The number of halogens is 3. The monoisotopic (exact) mass is 361 g/mol. The van der Waals surface area contributed by atoms with Gasteiger partial charge in [-0.1, -0.05) is 0 Å². The molecule has 0 atom stereocenters. The number of nitrogens with zero attached hydrogens (tertiary/aromatic N) is 4. The van der Waals surface area contributed by atoms with Crippen LogP contribution >= 0.6 is 0 Å². The van der Waals surface area contributed by atoms with E-state index in [1.54, 1.807) is 14.1 Å². The summed E-state index contributed by atoms with van der Waals surface area (Å²) in [5.74, 6) is -0.663. The summed E-state index contributed by atoms with van der Waals surface area (Å²) < 4.78 is 62.2. The van der Waals surface area contributed by atoms with Crippen LogP contribution in [0.3, 0.4) is 0 Å². The number of nitrogens with two attached hydrogens (primary N) is 1. The molecule has 0 aliphatic rings. The molecule has 0 spiro atoms. The van der Waals surface area contributed by atoms with Gasteiger partial charge in [-0.05, 0) is 24.3 Å². The summed E-state index contributed by atoms with van der Waals surface area (Å²) in [4.78, 5) is 12.8. The quantitative estimate of drug-likeness (QED) is 0.881. The Hall–Kier alpha value is -2.43. The first kappa shape index (κ1) is 17.9. The van der Waals surface area contributed by atoms with Crippen LogP contribution in [0.1, 0.15) is 11.4 Å². The first-order valence-corrected chi connectivity index (χ1v) is 8.22. The molecule has 11 heteroatoms. The molecule has 1 heterocycles. The second-order valence-corrected chi connectivity index (χ2v) is 7.08. The number of anilines is 2. The van der Waals surface area contributed by atoms with Crippen molar-refractivity contribution >= 4 is 21.7 Å². The van der Waals surface area contributed by atoms with Crippen molar-refractivity contribution in [2.24, 2.45) is 0 Å². The van der Waals surface area contributed by atoms with Crippen molar-refractivity contribution in [3.8, 4) is 0 Å². The molecule has 0 saturated carbocycles. The molecule has 0 unspecified atom stereocenters. The first-order valence-electron chi connectivity index (χ1n) is 6.57. The molecule has 0 bridgehead atoms. The fraction of sp³-hybridized carbons (Fsp3) is 0.308. The third-order valence-electron chi connectivity index (χ3n) is 2.95. The topological polar surface area (TPSA) is 102 Å². The maximum Gasteiger partial charge on any atom is 0.416 e. The summed E-state index contributed by atoms with van der Waals surface area (Å²) in [5.41, 5.74) is 4.58. The summed E-state index contributed by atoms with van der Waals surface area (Å²) in [6.07, 6.45) is -4.54. The zero-order chi connectivity index (χ0) is 18.1. The molecule has 0 aliphatic carbocycles. The molecule has 2 N–H and O–H groups in total. The molecule has 0 aliphatic heterocycles. The number of benzene rings is 1. The van der Waals surface area contributed by atoms with E-state index in [0.29, 0.717) is 12.1 Å². The van der Waals surface area contributed by atoms with Crippen LogP contribution in [0.25, 0.3) is 0 Å². The first-order chi connectivity index (χ1) is 11.0. The number of hydrogen-bond donors (Lipinski definition) is 1. The Morgan fingerprint density at radius 3 is 2.17 bits per heavy atom. The Labute approximate surface area is 136 Å². The van der Waals surface area contributed by atoms with Gasteiger partial charge in [0.2, 0.25) is 11.9 Å². The largest absolute Gasteiger partial charge is 0.416 e. The van der Waals surface area contributed by atoms with Gasteiger partial charge in [-0.15, -0.1) is 0 Å². The highest BCUT2D eigenvalue weighted by molar-refractivity contribution is 7.90. The van der Waals surface area contributed by atoms with Crippen molar-refractivity contribution in [1.82, 2.24) is 15.0 Å². The second-order valence-electron chi connectivity index (χ2n) is 5.09. The van der Waals surface area contributed by atoms with Gasteiger partial charge in [-0.2, -0.15) is 28.1 Å². The fourth-order valence-electron chi connectivity index (χ4n) is 1.79. The molecule has 130 valence electrons. The molecule has 0 saturated heterocycles. The smallest absolute Gasteiger partial charge is 0.368 e. The Bertz CT molecular complexity index is 836. The Kier molecular flexibility index (Phi) is 4.65. The number of aromatic nitrogens is 3. The van der Waals surface area contributed by atoms with Gasteiger partial charge in [-0.3, -0.25) is 0 Å². The number of hydrogen-bond acceptors (Lipinski definition) is 7. The van der Waals surface area contributed by atoms with Gasteiger partial charge in [0, 0.05) is 14.1 Å². The van der Waals surface area contributed by atoms with Gasteiger partial charge in [0.15, 0.2) is 15.7 Å². The summed E-state index contributed by atoms with van der Waals surface area (Å²) in [5, 5.41) is 0. The van der Waals surface area contributed by atoms with E-state index in [2.05, 4.69) is 15.0 Å². The molecule has 0 fully saturated rings. The standard InChI is InChI=1S/C13H14F3N5O2S/c1-21(2)12-19-10(18-11(17)20-12)7-24(22,23)9-5-3-8(4-6-9)13(14,15)16/h3-6H,7H2,1-2H3,(H2,17,18,19,20). The van der Waals surface area contributed by atoms with Crippen LogP contribution in [-0.2, 0) is 21.8 Å². The summed E-state index contributed by atoms with van der Waals surface area (Å²) >= 11 is 0. The second kappa shape index (κ2) is 6.23. The fourth-order valence-corrected chi connectivity index (χ4v) is 2.98. The lowest BCUT2D eigenvalue weighted by Gasteiger charge is -2.12. The lowest BCUT2D eigenvalue weighted by Crippen LogP contribution is -2.17. The molecule has 7 nitrogen and oxygen atoms in total. The zero-order valence-electron chi connectivity index (χ0n) is 12.7. The van der Waals surface area contributed by atoms with E-state index < -0.39 is 27.3 Å². The minimum atomic E-state index is -4.54. The van der Waals surface area contributed by atoms with E-state index in [-0.39, 0.29) is 22.6 Å². The predicted octanol–water partition coefficient (Wildman–Crippen LogP) is 1.51. The zero-order valence-corrected chi connectivity index (χ0v) is 13.6. The van der Waals surface area contributed by atoms with Crippen LogP contribution in [0.5, 0.6) is 0 Å². The third kappa shape index (κ3) is 4.10. The SMILES string of the molecule is CN(C)c1nc(N)nc(CS(=O)(=O)c2ccc(C(F)(F)F)cc2)n1. The Morgan fingerprint density at radius 2 is 1.67 bits per heavy atom. The van der Waals surface area contributed by atoms with Crippen LogP contribution < -0.4 is 10.6 Å². The average Bonchev–Trinajstić information content (AvgIpc) is 2.45. The van der Waals surface area contributed by atoms with E-state index in [0.717, 1.165) is 12.1 Å². The van der Waals surface area contributed by atoms with Gasteiger partial charge in [0.1, 0.15) is 5.75 Å². The number of alkyl halides is 3. The lowest BCUT2D eigenvalue weighted by molar-refractivity contribution is -0.137. The minimum Gasteiger partial charge on any atom is -0.368 e. The molecule has 1 aromatic heterocycles. The van der Waals surface area contributed by atoms with Crippen LogP contribution in [-0.4, -0.2) is 37.5 Å².